The molecule has 3 N–H and O–H groups in total. The summed E-state index contributed by atoms with van der Waals surface area (Å²) >= 11 is 6.48. The molecule has 5 heteroatoms. The average Bonchev–Trinajstić information content (AvgIpc) is 3.06. The summed E-state index contributed by atoms with van der Waals surface area (Å²) in [6.45, 7) is 2.55. The van der Waals surface area contributed by atoms with Crippen LogP contribution in [0, 0.1) is 0 Å². The third-order valence-corrected chi connectivity index (χ3v) is 4.92. The molecule has 0 unspecified atom stereocenters. The van der Waals surface area contributed by atoms with Crippen LogP contribution in [0.1, 0.15) is 24.0 Å². The first-order valence-corrected chi connectivity index (χ1v) is 8.71. The van der Waals surface area contributed by atoms with Crippen molar-refractivity contribution in [3.63, 3.8) is 0 Å². The number of nitrogens with one attached hydrogen (secondary N) is 1. The maximum absolute atomic E-state index is 11.7. The molecule has 130 valence electrons. The van der Waals surface area contributed by atoms with Crippen molar-refractivity contribution in [3.8, 4) is 0 Å². The van der Waals surface area contributed by atoms with Gasteiger partial charge >= 0.3 is 5.97 Å². The van der Waals surface area contributed by atoms with E-state index in [1.807, 2.05) is 54.8 Å². The maximum Gasteiger partial charge on any atom is 0.364 e. The Morgan fingerprint density at radius 2 is 1.88 bits per heavy atom. The topological polar surface area (TPSA) is 58.7 Å². The number of H-pyrrole nitrogens is 1. The van der Waals surface area contributed by atoms with Crippen LogP contribution in [-0.2, 0) is 9.53 Å². The molecule has 0 aliphatic heterocycles. The van der Waals surface area contributed by atoms with Gasteiger partial charge in [0, 0.05) is 22.1 Å². The summed E-state index contributed by atoms with van der Waals surface area (Å²) in [5.41, 5.74) is 3.33. The van der Waals surface area contributed by atoms with Crippen molar-refractivity contribution in [1.29, 1.82) is 0 Å². The number of benzene rings is 2. The van der Waals surface area contributed by atoms with Crippen LogP contribution in [0.3, 0.4) is 0 Å². The van der Waals surface area contributed by atoms with Crippen LogP contribution in [0.4, 0.5) is 0 Å². The number of ether oxygens (including phenoxy) is 1. The van der Waals surface area contributed by atoms with Crippen molar-refractivity contribution < 1.29 is 14.8 Å². The highest BCUT2D eigenvalue weighted by molar-refractivity contribution is 6.31. The Morgan fingerprint density at radius 1 is 1.16 bits per heavy atom. The molecule has 0 saturated heterocycles. The number of fused-ring (bicyclic) bond motifs is 1. The van der Waals surface area contributed by atoms with Gasteiger partial charge in [0.25, 0.3) is 0 Å². The number of aromatic nitrogens is 1. The fraction of sp³-hybridized carbons (Fsp3) is 0.250. The lowest BCUT2D eigenvalue weighted by molar-refractivity contribution is -0.676. The molecule has 2 aromatic carbocycles. The number of halogens is 1. The Bertz CT molecular complexity index is 875. The molecule has 0 radical (unpaired) electrons. The molecule has 3 aromatic rings. The number of esters is 1. The first kappa shape index (κ1) is 17.5. The molecule has 0 saturated carbocycles. The second-order valence-electron chi connectivity index (χ2n) is 6.15. The monoisotopic (exact) mass is 357 g/mol. The van der Waals surface area contributed by atoms with Gasteiger partial charge in [-0.3, -0.25) is 0 Å². The van der Waals surface area contributed by atoms with Crippen LogP contribution >= 0.6 is 11.6 Å². The minimum atomic E-state index is -0.264. The SMILES string of the molecule is COC(=O)[C@H](C)[NH2+]C[C@@H](c1ccccc1Cl)c1c[nH]c2ccccc12. The Labute approximate surface area is 152 Å². The molecule has 4 nitrogen and oxygen atoms in total. The first-order valence-electron chi connectivity index (χ1n) is 8.33. The fourth-order valence-corrected chi connectivity index (χ4v) is 3.45. The molecule has 0 fully saturated rings. The van der Waals surface area contributed by atoms with E-state index in [-0.39, 0.29) is 17.9 Å². The largest absolute Gasteiger partial charge is 0.465 e. The van der Waals surface area contributed by atoms with Gasteiger partial charge in [-0.05, 0) is 30.2 Å². The van der Waals surface area contributed by atoms with Crippen LogP contribution < -0.4 is 5.32 Å². The number of hydrogen-bond donors (Lipinski definition) is 2. The summed E-state index contributed by atoms with van der Waals surface area (Å²) in [6, 6.07) is 15.8. The lowest BCUT2D eigenvalue weighted by Crippen LogP contribution is -2.92. The van der Waals surface area contributed by atoms with Crippen LogP contribution in [0.15, 0.2) is 54.7 Å². The molecule has 25 heavy (non-hydrogen) atoms. The van der Waals surface area contributed by atoms with E-state index < -0.39 is 0 Å². The third kappa shape index (κ3) is 3.70. The first-order chi connectivity index (χ1) is 12.1. The molecule has 3 rings (SSSR count). The predicted molar refractivity (Wildman–Crippen MR) is 99.9 cm³/mol. The van der Waals surface area contributed by atoms with Gasteiger partial charge in [-0.25, -0.2) is 4.79 Å². The standard InChI is InChI=1S/C20H21ClN2O2/c1-13(20(24)25-2)22-11-16(14-7-3-5-9-18(14)21)17-12-23-19-10-6-4-8-15(17)19/h3-10,12-13,16,22-23H,11H2,1-2H3/p+1/t13-,16-/m0/s1. The number of nitrogens with two attached hydrogens (primary N) is 1. The van der Waals surface area contributed by atoms with Crippen molar-refractivity contribution in [1.82, 2.24) is 4.98 Å². The van der Waals surface area contributed by atoms with Gasteiger partial charge in [-0.2, -0.15) is 0 Å². The Morgan fingerprint density at radius 3 is 2.64 bits per heavy atom. The van der Waals surface area contributed by atoms with Gasteiger partial charge in [0.1, 0.15) is 0 Å². The van der Waals surface area contributed by atoms with Crippen LogP contribution in [0.25, 0.3) is 10.9 Å². The van der Waals surface area contributed by atoms with E-state index in [4.69, 9.17) is 16.3 Å². The summed E-state index contributed by atoms with van der Waals surface area (Å²) in [6.07, 6.45) is 2.04. The summed E-state index contributed by atoms with van der Waals surface area (Å²) in [7, 11) is 1.41. The smallest absolute Gasteiger partial charge is 0.364 e. The van der Waals surface area contributed by atoms with Crippen LogP contribution in [0.5, 0.6) is 0 Å². The minimum Gasteiger partial charge on any atom is -0.465 e. The molecule has 1 aromatic heterocycles. The molecule has 0 bridgehead atoms. The zero-order valence-corrected chi connectivity index (χ0v) is 15.1. The van der Waals surface area contributed by atoms with Gasteiger partial charge in [-0.15, -0.1) is 0 Å². The maximum atomic E-state index is 11.7. The number of para-hydroxylation sites is 1. The zero-order valence-electron chi connectivity index (χ0n) is 14.3. The van der Waals surface area contributed by atoms with Crippen molar-refractivity contribution >= 4 is 28.5 Å². The lowest BCUT2D eigenvalue weighted by atomic mass is 9.90. The summed E-state index contributed by atoms with van der Waals surface area (Å²) in [5.74, 6) is -0.159. The normalized spacial score (nSPS) is 13.6. The Kier molecular flexibility index (Phi) is 5.41. The second kappa shape index (κ2) is 7.72. The highest BCUT2D eigenvalue weighted by atomic mass is 35.5. The van der Waals surface area contributed by atoms with E-state index in [1.165, 1.54) is 18.1 Å². The van der Waals surface area contributed by atoms with Gasteiger partial charge in [0.15, 0.2) is 6.04 Å². The van der Waals surface area contributed by atoms with Crippen molar-refractivity contribution in [3.05, 3.63) is 70.9 Å². The van der Waals surface area contributed by atoms with E-state index in [1.54, 1.807) is 0 Å². The minimum absolute atomic E-state index is 0.0666. The van der Waals surface area contributed by atoms with E-state index >= 15 is 0 Å². The number of methoxy groups -OCH3 is 1. The number of quaternary nitrogens is 1. The number of carbonyl (C=O) groups excluding carboxylic acids is 1. The summed E-state index contributed by atoms with van der Waals surface area (Å²) in [5, 5.41) is 3.91. The third-order valence-electron chi connectivity index (χ3n) is 4.58. The predicted octanol–water partition coefficient (Wildman–Crippen LogP) is 3.08. The molecule has 0 aliphatic carbocycles. The van der Waals surface area contributed by atoms with E-state index in [9.17, 15) is 4.79 Å². The Hall–Kier alpha value is -2.30. The lowest BCUT2D eigenvalue weighted by Gasteiger charge is -2.19. The van der Waals surface area contributed by atoms with Gasteiger partial charge < -0.3 is 15.0 Å². The molecule has 2 atom stereocenters. The van der Waals surface area contributed by atoms with Gasteiger partial charge in [0.05, 0.1) is 19.6 Å². The summed E-state index contributed by atoms with van der Waals surface area (Å²) < 4.78 is 4.83. The van der Waals surface area contributed by atoms with Crippen LogP contribution in [0.2, 0.25) is 5.02 Å². The highest BCUT2D eigenvalue weighted by Gasteiger charge is 2.25. The van der Waals surface area contributed by atoms with Gasteiger partial charge in [0.2, 0.25) is 0 Å². The van der Waals surface area contributed by atoms with E-state index in [2.05, 4.69) is 17.1 Å². The van der Waals surface area contributed by atoms with Crippen molar-refractivity contribution in [2.45, 2.75) is 18.9 Å². The zero-order chi connectivity index (χ0) is 17.8. The van der Waals surface area contributed by atoms with Crippen molar-refractivity contribution in [2.24, 2.45) is 0 Å². The van der Waals surface area contributed by atoms with E-state index in [0.29, 0.717) is 6.54 Å². The number of aromatic amines is 1. The Balaban J connectivity index is 1.98. The molecular weight excluding hydrogens is 336 g/mol. The summed E-state index contributed by atoms with van der Waals surface area (Å²) in [4.78, 5) is 15.1. The molecule has 0 spiro atoms. The van der Waals surface area contributed by atoms with Gasteiger partial charge in [-0.1, -0.05) is 48.0 Å². The second-order valence-corrected chi connectivity index (χ2v) is 6.55. The molecule has 0 aliphatic rings. The fourth-order valence-electron chi connectivity index (χ4n) is 3.18. The van der Waals surface area contributed by atoms with Crippen molar-refractivity contribution in [2.75, 3.05) is 13.7 Å². The van der Waals surface area contributed by atoms with Crippen LogP contribution in [-0.4, -0.2) is 30.6 Å². The molecular formula is C20H22ClN2O2+. The number of hydrogen-bond acceptors (Lipinski definition) is 2. The molecule has 0 amide bonds. The van der Waals surface area contributed by atoms with E-state index in [0.717, 1.165) is 16.1 Å². The number of rotatable bonds is 6. The number of carbonyl (C=O) groups is 1. The molecule has 1 heterocycles. The highest BCUT2D eigenvalue weighted by Crippen LogP contribution is 2.33. The quantitative estimate of drug-likeness (QED) is 0.666. The average molecular weight is 358 g/mol.